The van der Waals surface area contributed by atoms with Crippen molar-refractivity contribution in [2.24, 2.45) is 11.8 Å². The highest BCUT2D eigenvalue weighted by atomic mass is 19.4. The van der Waals surface area contributed by atoms with E-state index in [2.05, 4.69) is 87.8 Å². The molecule has 0 radical (unpaired) electrons. The van der Waals surface area contributed by atoms with Crippen LogP contribution in [0.5, 0.6) is 0 Å². The summed E-state index contributed by atoms with van der Waals surface area (Å²) in [6.45, 7) is 40.4. The summed E-state index contributed by atoms with van der Waals surface area (Å²) in [5.74, 6) is 1.95. The number of carbonyl (C=O) groups excluding carboxylic acids is 1. The number of nitrogen functional groups attached to an aromatic ring is 1. The van der Waals surface area contributed by atoms with Crippen molar-refractivity contribution in [2.45, 2.75) is 180 Å². The number of carbonyl (C=O) groups is 1. The van der Waals surface area contributed by atoms with E-state index in [1.54, 1.807) is 26.0 Å². The van der Waals surface area contributed by atoms with E-state index in [0.717, 1.165) is 24.2 Å². The number of rotatable bonds is 4. The van der Waals surface area contributed by atoms with Gasteiger partial charge in [0.2, 0.25) is 0 Å². The number of halogens is 3. The number of unbranched alkanes of at least 4 members (excludes halogenated alkanes) is 1. The third kappa shape index (κ3) is 42.1. The molecule has 356 valence electrons. The summed E-state index contributed by atoms with van der Waals surface area (Å²) >= 11 is 0. The number of alkyl halides is 3. The molecule has 3 saturated heterocycles. The van der Waals surface area contributed by atoms with E-state index in [9.17, 15) is 13.2 Å². The molecule has 3 fully saturated rings. The fourth-order valence-electron chi connectivity index (χ4n) is 6.01. The Hall–Kier alpha value is -2.62. The van der Waals surface area contributed by atoms with Crippen molar-refractivity contribution in [1.29, 1.82) is 0 Å². The summed E-state index contributed by atoms with van der Waals surface area (Å²) in [6, 6.07) is 2.69. The molecule has 5 rings (SSSR count). The molecular weight excluding hydrogens is 756 g/mol. The topological polar surface area (TPSA) is 73.6 Å². The van der Waals surface area contributed by atoms with Gasteiger partial charge in [-0.2, -0.15) is 13.2 Å². The van der Waals surface area contributed by atoms with Gasteiger partial charge in [-0.1, -0.05) is 111 Å². The summed E-state index contributed by atoms with van der Waals surface area (Å²) in [5, 5.41) is 6.50. The van der Waals surface area contributed by atoms with Gasteiger partial charge in [-0.15, -0.1) is 6.58 Å². The fourth-order valence-corrected chi connectivity index (χ4v) is 6.01. The number of piperidine rings is 3. The highest BCUT2D eigenvalue weighted by Gasteiger charge is 2.33. The van der Waals surface area contributed by atoms with Crippen LogP contribution in [-0.4, -0.2) is 76.0 Å². The number of benzene rings is 1. The predicted octanol–water partition coefficient (Wildman–Crippen LogP) is 14.2. The molecule has 1 aliphatic carbocycles. The monoisotopic (exact) mass is 856 g/mol. The predicted molar refractivity (Wildman–Crippen MR) is 264 cm³/mol. The van der Waals surface area contributed by atoms with Crippen LogP contribution in [0.25, 0.3) is 0 Å². The largest absolute Gasteiger partial charge is 0.418 e. The lowest BCUT2D eigenvalue weighted by molar-refractivity contribution is -0.137. The maximum absolute atomic E-state index is 12.3. The molecular formula is C51H100F3N5O. The summed E-state index contributed by atoms with van der Waals surface area (Å²) < 4.78 is 37.0. The number of nitrogens with one attached hydrogen (secondary N) is 2. The zero-order valence-corrected chi connectivity index (χ0v) is 42.3. The Morgan fingerprint density at radius 2 is 1.35 bits per heavy atom. The van der Waals surface area contributed by atoms with Gasteiger partial charge in [0.15, 0.2) is 0 Å². The third-order valence-electron chi connectivity index (χ3n) is 9.45. The Labute approximate surface area is 371 Å². The third-order valence-corrected chi connectivity index (χ3v) is 9.45. The summed E-state index contributed by atoms with van der Waals surface area (Å²) in [4.78, 5) is 13.8. The zero-order valence-electron chi connectivity index (χ0n) is 42.3. The molecule has 0 aromatic heterocycles. The second kappa shape index (κ2) is 47.4. The smallest absolute Gasteiger partial charge is 0.398 e. The van der Waals surface area contributed by atoms with E-state index < -0.39 is 11.7 Å². The molecule has 4 N–H and O–H groups in total. The number of allylic oxidation sites excluding steroid dienone is 5. The molecule has 60 heavy (non-hydrogen) atoms. The number of aryl methyl sites for hydroxylation is 2. The molecule has 3 heterocycles. The molecule has 4 aliphatic rings. The van der Waals surface area contributed by atoms with Crippen molar-refractivity contribution < 1.29 is 18.0 Å². The Kier molecular flexibility index (Phi) is 52.6. The van der Waals surface area contributed by atoms with E-state index in [-0.39, 0.29) is 5.69 Å². The van der Waals surface area contributed by atoms with Crippen LogP contribution in [-0.2, 0) is 11.0 Å². The van der Waals surface area contributed by atoms with Crippen LogP contribution < -0.4 is 16.4 Å². The molecule has 0 spiro atoms. The lowest BCUT2D eigenvalue weighted by Gasteiger charge is -2.29. The van der Waals surface area contributed by atoms with E-state index in [4.69, 9.17) is 10.5 Å². The van der Waals surface area contributed by atoms with Gasteiger partial charge in [0, 0.05) is 18.4 Å². The first kappa shape index (κ1) is 66.5. The second-order valence-electron chi connectivity index (χ2n) is 15.4. The standard InChI is InChI=1S/C10H21N.C9H10F3N.C8H13N.2C6H13N.C3H8.C3H6.C2H4O.2C2H6/c1-3-4-7-11-8-5-10(2)6-9-11;1-5-3-6(2)8(13)7(4-5)9(10,11)12;1-7-5-3-4-6-8(7)9-2;1-6-2-4-7-5-3-6;1-7-5-3-2-4-6-7;2*1-3-2;1-2-3;2*1-2/h10H,3-9H2,1-2H3;3-4H,13H2,1-2H3;3,5,9H,4,6H2,1-2H3;6-7H,2-5H2,1H3;2-6H2,1H3;3H2,1-2H3;3H,1H2,2H3;2H,1H3;2*1-2H3. The summed E-state index contributed by atoms with van der Waals surface area (Å²) in [7, 11) is 4.18. The van der Waals surface area contributed by atoms with Crippen LogP contribution in [0.1, 0.15) is 177 Å². The van der Waals surface area contributed by atoms with Crippen molar-refractivity contribution >= 4 is 12.0 Å². The van der Waals surface area contributed by atoms with Crippen LogP contribution >= 0.6 is 0 Å². The molecule has 0 bridgehead atoms. The van der Waals surface area contributed by atoms with Crippen LogP contribution in [0.15, 0.2) is 48.2 Å². The fraction of sp³-hybridized carbons (Fsp3) is 0.745. The quantitative estimate of drug-likeness (QED) is 0.159. The summed E-state index contributed by atoms with van der Waals surface area (Å²) in [6.07, 6.45) is 18.7. The molecule has 1 aromatic carbocycles. The van der Waals surface area contributed by atoms with E-state index >= 15 is 0 Å². The van der Waals surface area contributed by atoms with Crippen LogP contribution in [0.3, 0.4) is 0 Å². The molecule has 1 aromatic rings. The first-order valence-corrected chi connectivity index (χ1v) is 23.6. The number of anilines is 1. The average molecular weight is 856 g/mol. The van der Waals surface area contributed by atoms with Crippen molar-refractivity contribution in [1.82, 2.24) is 20.4 Å². The zero-order chi connectivity index (χ0) is 47.4. The normalized spacial score (nSPS) is 16.2. The number of nitrogens with zero attached hydrogens (tertiary/aromatic N) is 2. The highest BCUT2D eigenvalue weighted by molar-refractivity contribution is 5.56. The molecule has 0 atom stereocenters. The number of hydrogen-bond acceptors (Lipinski definition) is 6. The van der Waals surface area contributed by atoms with Gasteiger partial charge in [-0.3, -0.25) is 0 Å². The van der Waals surface area contributed by atoms with Gasteiger partial charge >= 0.3 is 6.18 Å². The van der Waals surface area contributed by atoms with Gasteiger partial charge in [-0.25, -0.2) is 0 Å². The van der Waals surface area contributed by atoms with E-state index in [1.165, 1.54) is 141 Å². The van der Waals surface area contributed by atoms with E-state index in [0.29, 0.717) is 11.1 Å². The van der Waals surface area contributed by atoms with Gasteiger partial charge in [-0.05, 0) is 174 Å². The summed E-state index contributed by atoms with van der Waals surface area (Å²) in [5.41, 5.74) is 8.19. The average Bonchev–Trinajstić information content (AvgIpc) is 3.23. The molecule has 0 saturated carbocycles. The van der Waals surface area contributed by atoms with Gasteiger partial charge in [0.1, 0.15) is 6.29 Å². The molecule has 3 aliphatic heterocycles. The Morgan fingerprint density at radius 1 is 0.883 bits per heavy atom. The van der Waals surface area contributed by atoms with Crippen molar-refractivity contribution in [2.75, 3.05) is 65.6 Å². The number of nitrogens with two attached hydrogens (primary N) is 1. The lowest BCUT2D eigenvalue weighted by atomic mass is 9.99. The molecule has 6 nitrogen and oxygen atoms in total. The number of likely N-dealkylation sites (tertiary alicyclic amines) is 2. The minimum atomic E-state index is -4.36. The minimum absolute atomic E-state index is 0.182. The SMILES string of the molecule is C=CC.CC.CC.CC1CCNCC1.CC=O.CCC.CCCCN1CCC(C)CC1.CN1CCCCC1.CNC1=C(C)C=CCC1.Cc1cc(C)c(N)c(C(F)(F)F)c1. The molecule has 0 unspecified atom stereocenters. The van der Waals surface area contributed by atoms with Crippen LogP contribution in [0.4, 0.5) is 18.9 Å². The van der Waals surface area contributed by atoms with Gasteiger partial charge in [0.05, 0.1) is 5.56 Å². The van der Waals surface area contributed by atoms with Gasteiger partial charge in [0.25, 0.3) is 0 Å². The van der Waals surface area contributed by atoms with Crippen molar-refractivity contribution in [3.05, 3.63) is 64.9 Å². The maximum atomic E-state index is 12.3. The number of aldehydes is 1. The Balaban J connectivity index is -0.000000198. The first-order valence-electron chi connectivity index (χ1n) is 23.6. The Morgan fingerprint density at radius 3 is 1.68 bits per heavy atom. The Bertz CT molecular complexity index is 1110. The van der Waals surface area contributed by atoms with Crippen molar-refractivity contribution in [3.63, 3.8) is 0 Å². The van der Waals surface area contributed by atoms with E-state index in [1.807, 2.05) is 41.7 Å². The lowest BCUT2D eigenvalue weighted by Crippen LogP contribution is -2.33. The number of hydrogen-bond donors (Lipinski definition) is 3. The highest BCUT2D eigenvalue weighted by Crippen LogP contribution is 2.35. The molecule has 9 heteroatoms. The minimum Gasteiger partial charge on any atom is -0.398 e. The first-order chi connectivity index (χ1) is 28.5. The maximum Gasteiger partial charge on any atom is 0.418 e. The van der Waals surface area contributed by atoms with Crippen LogP contribution in [0, 0.1) is 25.7 Å². The molecule has 0 amide bonds. The van der Waals surface area contributed by atoms with Crippen molar-refractivity contribution in [3.8, 4) is 0 Å². The van der Waals surface area contributed by atoms with Crippen LogP contribution in [0.2, 0.25) is 0 Å². The van der Waals surface area contributed by atoms with Gasteiger partial charge < -0.3 is 31.0 Å². The second-order valence-corrected chi connectivity index (χ2v) is 15.4.